The Morgan fingerprint density at radius 3 is 2.58 bits per heavy atom. The van der Waals surface area contributed by atoms with Crippen molar-refractivity contribution in [2.75, 3.05) is 0 Å². The van der Waals surface area contributed by atoms with Gasteiger partial charge in [-0.05, 0) is 12.1 Å². The van der Waals surface area contributed by atoms with Crippen LogP contribution in [0.2, 0.25) is 0 Å². The van der Waals surface area contributed by atoms with Crippen LogP contribution in [0.4, 0.5) is 0 Å². The molecule has 2 nitrogen and oxygen atoms in total. The fraction of sp³-hybridized carbons (Fsp3) is 0. The number of aromatic nitrogens is 1. The van der Waals surface area contributed by atoms with Crippen molar-refractivity contribution < 1.29 is 23.7 Å². The number of phenolic OH excluding ortho intramolecular Hbond substituents is 1. The standard InChI is InChI=1S/C9H7NO.V/c11-8-5-1-3-7-4-2-6-10-9(7)8;/h1-6,11H;. The number of pyridine rings is 1. The Balaban J connectivity index is 0.000000720. The number of hydrogen-bond donors (Lipinski definition) is 1. The van der Waals surface area contributed by atoms with E-state index >= 15 is 0 Å². The monoisotopic (exact) mass is 196 g/mol. The number of nitrogens with zero attached hydrogens (tertiary/aromatic N) is 1. The maximum Gasteiger partial charge on any atom is 0.141 e. The number of benzene rings is 1. The van der Waals surface area contributed by atoms with Crippen molar-refractivity contribution in [3.8, 4) is 5.75 Å². The van der Waals surface area contributed by atoms with E-state index in [4.69, 9.17) is 0 Å². The summed E-state index contributed by atoms with van der Waals surface area (Å²) >= 11 is 0. The second kappa shape index (κ2) is 3.61. The van der Waals surface area contributed by atoms with Crippen molar-refractivity contribution in [2.24, 2.45) is 0 Å². The summed E-state index contributed by atoms with van der Waals surface area (Å²) in [5.74, 6) is 0.239. The van der Waals surface area contributed by atoms with E-state index in [0.717, 1.165) is 5.39 Å². The minimum atomic E-state index is 0. The number of fused-ring (bicyclic) bond motifs is 1. The van der Waals surface area contributed by atoms with E-state index in [2.05, 4.69) is 4.98 Å². The molecular weight excluding hydrogens is 189 g/mol. The summed E-state index contributed by atoms with van der Waals surface area (Å²) in [6.45, 7) is 0. The van der Waals surface area contributed by atoms with Crippen LogP contribution in [0.3, 0.4) is 0 Å². The van der Waals surface area contributed by atoms with Gasteiger partial charge in [-0.1, -0.05) is 18.2 Å². The van der Waals surface area contributed by atoms with E-state index in [-0.39, 0.29) is 24.3 Å². The van der Waals surface area contributed by atoms with Gasteiger partial charge in [0.25, 0.3) is 0 Å². The van der Waals surface area contributed by atoms with Gasteiger partial charge in [-0.2, -0.15) is 0 Å². The van der Waals surface area contributed by atoms with Gasteiger partial charge in [0.15, 0.2) is 0 Å². The Labute approximate surface area is 82.1 Å². The van der Waals surface area contributed by atoms with Crippen molar-refractivity contribution in [1.29, 1.82) is 0 Å². The summed E-state index contributed by atoms with van der Waals surface area (Å²) < 4.78 is 0. The summed E-state index contributed by atoms with van der Waals surface area (Å²) in [5, 5.41) is 10.3. The second-order valence-electron chi connectivity index (χ2n) is 2.35. The van der Waals surface area contributed by atoms with Crippen molar-refractivity contribution in [3.05, 3.63) is 36.5 Å². The molecule has 59 valence electrons. The van der Waals surface area contributed by atoms with Gasteiger partial charge in [-0.25, -0.2) is 0 Å². The third-order valence-electron chi connectivity index (χ3n) is 1.61. The van der Waals surface area contributed by atoms with Gasteiger partial charge < -0.3 is 5.11 Å². The normalized spacial score (nSPS) is 9.33. The Bertz CT molecular complexity index is 384. The minimum absolute atomic E-state index is 0. The van der Waals surface area contributed by atoms with E-state index < -0.39 is 0 Å². The first-order valence-corrected chi connectivity index (χ1v) is 3.40. The molecule has 1 N–H and O–H groups in total. The third-order valence-corrected chi connectivity index (χ3v) is 1.61. The predicted octanol–water partition coefficient (Wildman–Crippen LogP) is 1.94. The SMILES string of the molecule is Oc1cccc2cccnc12.[V]. The second-order valence-corrected chi connectivity index (χ2v) is 2.35. The van der Waals surface area contributed by atoms with Gasteiger partial charge in [0, 0.05) is 30.1 Å². The molecule has 0 spiro atoms. The zero-order valence-electron chi connectivity index (χ0n) is 6.31. The van der Waals surface area contributed by atoms with Crippen LogP contribution in [0.1, 0.15) is 0 Å². The van der Waals surface area contributed by atoms with Gasteiger partial charge >= 0.3 is 0 Å². The Kier molecular flexibility index (Phi) is 2.74. The molecule has 1 aromatic carbocycles. The van der Waals surface area contributed by atoms with Crippen LogP contribution in [0, 0.1) is 0 Å². The molecule has 2 rings (SSSR count). The topological polar surface area (TPSA) is 33.1 Å². The summed E-state index contributed by atoms with van der Waals surface area (Å²) in [6.07, 6.45) is 1.67. The van der Waals surface area contributed by atoms with Crippen molar-refractivity contribution in [1.82, 2.24) is 4.98 Å². The summed E-state index contributed by atoms with van der Waals surface area (Å²) in [5.41, 5.74) is 0.662. The van der Waals surface area contributed by atoms with Crippen LogP contribution < -0.4 is 0 Å². The quantitative estimate of drug-likeness (QED) is 0.698. The number of hydrogen-bond acceptors (Lipinski definition) is 2. The molecule has 0 aliphatic heterocycles. The number of aromatic hydroxyl groups is 1. The average Bonchev–Trinajstić information content (AvgIpc) is 2.06. The molecule has 0 saturated carbocycles. The zero-order valence-corrected chi connectivity index (χ0v) is 7.70. The van der Waals surface area contributed by atoms with Gasteiger partial charge in [-0.15, -0.1) is 0 Å². The molecule has 0 saturated heterocycles. The van der Waals surface area contributed by atoms with Crippen molar-refractivity contribution in [2.45, 2.75) is 0 Å². The van der Waals surface area contributed by atoms with Crippen LogP contribution in [-0.2, 0) is 18.6 Å². The molecule has 0 aliphatic rings. The van der Waals surface area contributed by atoms with E-state index in [0.29, 0.717) is 5.52 Å². The molecule has 0 fully saturated rings. The van der Waals surface area contributed by atoms with Gasteiger partial charge in [0.2, 0.25) is 0 Å². The average molecular weight is 196 g/mol. The molecule has 1 heterocycles. The molecule has 0 aliphatic carbocycles. The summed E-state index contributed by atoms with van der Waals surface area (Å²) in [4.78, 5) is 4.03. The summed E-state index contributed by atoms with van der Waals surface area (Å²) in [7, 11) is 0. The largest absolute Gasteiger partial charge is 0.506 e. The minimum Gasteiger partial charge on any atom is -0.506 e. The maximum absolute atomic E-state index is 9.31. The first-order chi connectivity index (χ1) is 5.38. The third kappa shape index (κ3) is 1.45. The zero-order chi connectivity index (χ0) is 7.68. The van der Waals surface area contributed by atoms with E-state index in [1.807, 2.05) is 18.2 Å². The van der Waals surface area contributed by atoms with Crippen LogP contribution in [0.15, 0.2) is 36.5 Å². The molecule has 0 bridgehead atoms. The van der Waals surface area contributed by atoms with Crippen molar-refractivity contribution >= 4 is 10.9 Å². The molecule has 12 heavy (non-hydrogen) atoms. The molecule has 1 aromatic heterocycles. The number of para-hydroxylation sites is 1. The Morgan fingerprint density at radius 2 is 1.83 bits per heavy atom. The molecule has 3 heteroatoms. The molecule has 0 atom stereocenters. The van der Waals surface area contributed by atoms with Crippen LogP contribution in [0.25, 0.3) is 10.9 Å². The first kappa shape index (κ1) is 9.11. The molecule has 0 unspecified atom stereocenters. The van der Waals surface area contributed by atoms with E-state index in [9.17, 15) is 5.11 Å². The number of phenols is 1. The smallest absolute Gasteiger partial charge is 0.141 e. The van der Waals surface area contributed by atoms with E-state index in [1.54, 1.807) is 18.3 Å². The van der Waals surface area contributed by atoms with Crippen LogP contribution in [-0.4, -0.2) is 10.1 Å². The molecule has 2 aromatic rings. The Morgan fingerprint density at radius 1 is 1.08 bits per heavy atom. The predicted molar refractivity (Wildman–Crippen MR) is 43.4 cm³/mol. The molecular formula is C9H7NOV. The van der Waals surface area contributed by atoms with Gasteiger partial charge in [0.05, 0.1) is 0 Å². The van der Waals surface area contributed by atoms with Gasteiger partial charge in [0.1, 0.15) is 11.3 Å². The van der Waals surface area contributed by atoms with Crippen LogP contribution in [0.5, 0.6) is 5.75 Å². The molecule has 0 amide bonds. The fourth-order valence-electron chi connectivity index (χ4n) is 1.09. The Hall–Kier alpha value is -0.986. The maximum atomic E-state index is 9.31. The van der Waals surface area contributed by atoms with Crippen LogP contribution >= 0.6 is 0 Å². The number of rotatable bonds is 0. The van der Waals surface area contributed by atoms with E-state index in [1.165, 1.54) is 0 Å². The van der Waals surface area contributed by atoms with Crippen molar-refractivity contribution in [3.63, 3.8) is 0 Å². The first-order valence-electron chi connectivity index (χ1n) is 3.40. The van der Waals surface area contributed by atoms with Gasteiger partial charge in [-0.3, -0.25) is 4.98 Å². The molecule has 1 radical (unpaired) electrons. The summed E-state index contributed by atoms with van der Waals surface area (Å²) in [6, 6.07) is 9.13. The fourth-order valence-corrected chi connectivity index (χ4v) is 1.09.